The fourth-order valence-electron chi connectivity index (χ4n) is 2.55. The van der Waals surface area contributed by atoms with Crippen molar-refractivity contribution in [3.8, 4) is 0 Å². The van der Waals surface area contributed by atoms with Crippen molar-refractivity contribution in [2.45, 2.75) is 25.9 Å². The van der Waals surface area contributed by atoms with Gasteiger partial charge in [-0.1, -0.05) is 18.2 Å². The molecule has 1 aromatic carbocycles. The van der Waals surface area contributed by atoms with E-state index in [0.29, 0.717) is 0 Å². The summed E-state index contributed by atoms with van der Waals surface area (Å²) in [6.45, 7) is 3.81. The van der Waals surface area contributed by atoms with E-state index in [0.717, 1.165) is 30.2 Å². The molecular formula is C14H17N3S. The average molecular weight is 259 g/mol. The van der Waals surface area contributed by atoms with Crippen molar-refractivity contribution in [1.82, 2.24) is 4.98 Å². The molecule has 0 saturated heterocycles. The van der Waals surface area contributed by atoms with Crippen molar-refractivity contribution in [1.29, 1.82) is 0 Å². The second-order valence-corrected chi connectivity index (χ2v) is 5.89. The van der Waals surface area contributed by atoms with Crippen LogP contribution in [0.25, 0.3) is 0 Å². The lowest BCUT2D eigenvalue weighted by Crippen LogP contribution is -2.42. The van der Waals surface area contributed by atoms with E-state index in [2.05, 4.69) is 39.5 Å². The van der Waals surface area contributed by atoms with Gasteiger partial charge < -0.3 is 10.6 Å². The van der Waals surface area contributed by atoms with E-state index in [-0.39, 0.29) is 6.04 Å². The Hall–Kier alpha value is -1.39. The smallest absolute Gasteiger partial charge is 0.0898 e. The molecule has 0 saturated carbocycles. The molecule has 1 aliphatic rings. The number of aryl methyl sites for hydroxylation is 1. The molecule has 1 atom stereocenters. The second-order valence-electron chi connectivity index (χ2n) is 4.83. The summed E-state index contributed by atoms with van der Waals surface area (Å²) >= 11 is 1.71. The molecular weight excluding hydrogens is 242 g/mol. The molecule has 18 heavy (non-hydrogen) atoms. The SMILES string of the molecule is Cc1nc(CN2CC(N)Cc3ccccc32)cs1. The summed E-state index contributed by atoms with van der Waals surface area (Å²) in [6, 6.07) is 8.75. The minimum absolute atomic E-state index is 0.222. The number of fused-ring (bicyclic) bond motifs is 1. The van der Waals surface area contributed by atoms with Gasteiger partial charge in [-0.3, -0.25) is 0 Å². The highest BCUT2D eigenvalue weighted by atomic mass is 32.1. The van der Waals surface area contributed by atoms with Gasteiger partial charge in [0.25, 0.3) is 0 Å². The van der Waals surface area contributed by atoms with Gasteiger partial charge in [-0.05, 0) is 25.0 Å². The molecule has 3 nitrogen and oxygen atoms in total. The second kappa shape index (κ2) is 4.71. The number of rotatable bonds is 2. The van der Waals surface area contributed by atoms with Crippen molar-refractivity contribution in [2.75, 3.05) is 11.4 Å². The molecule has 0 aliphatic carbocycles. The van der Waals surface area contributed by atoms with Gasteiger partial charge >= 0.3 is 0 Å². The van der Waals surface area contributed by atoms with Crippen LogP contribution in [0.5, 0.6) is 0 Å². The van der Waals surface area contributed by atoms with Crippen LogP contribution in [0.15, 0.2) is 29.6 Å². The van der Waals surface area contributed by atoms with Gasteiger partial charge in [0.2, 0.25) is 0 Å². The summed E-state index contributed by atoms with van der Waals surface area (Å²) in [5.41, 5.74) is 9.94. The first-order valence-corrected chi connectivity index (χ1v) is 7.10. The molecule has 0 spiro atoms. The molecule has 4 heteroatoms. The van der Waals surface area contributed by atoms with Crippen LogP contribution < -0.4 is 10.6 Å². The summed E-state index contributed by atoms with van der Waals surface area (Å²) in [6.07, 6.45) is 0.975. The first-order chi connectivity index (χ1) is 8.72. The van der Waals surface area contributed by atoms with Gasteiger partial charge in [-0.25, -0.2) is 4.98 Å². The Morgan fingerprint density at radius 2 is 2.28 bits per heavy atom. The highest BCUT2D eigenvalue weighted by Gasteiger charge is 2.22. The van der Waals surface area contributed by atoms with Crippen LogP contribution in [0.4, 0.5) is 5.69 Å². The average Bonchev–Trinajstić information content (AvgIpc) is 2.74. The minimum atomic E-state index is 0.222. The number of hydrogen-bond acceptors (Lipinski definition) is 4. The predicted molar refractivity (Wildman–Crippen MR) is 76.0 cm³/mol. The van der Waals surface area contributed by atoms with Crippen molar-refractivity contribution in [3.63, 3.8) is 0 Å². The van der Waals surface area contributed by atoms with Gasteiger partial charge in [0.15, 0.2) is 0 Å². The van der Waals surface area contributed by atoms with Crippen LogP contribution in [0.3, 0.4) is 0 Å². The van der Waals surface area contributed by atoms with Gasteiger partial charge in [0.1, 0.15) is 0 Å². The topological polar surface area (TPSA) is 42.2 Å². The van der Waals surface area contributed by atoms with E-state index >= 15 is 0 Å². The molecule has 3 rings (SSSR count). The fraction of sp³-hybridized carbons (Fsp3) is 0.357. The maximum absolute atomic E-state index is 6.14. The molecule has 0 amide bonds. The Bertz CT molecular complexity index is 549. The zero-order valence-corrected chi connectivity index (χ0v) is 11.3. The molecule has 2 aromatic rings. The van der Waals surface area contributed by atoms with E-state index < -0.39 is 0 Å². The zero-order chi connectivity index (χ0) is 12.5. The molecule has 1 aromatic heterocycles. The first-order valence-electron chi connectivity index (χ1n) is 6.22. The predicted octanol–water partition coefficient (Wildman–Crippen LogP) is 2.34. The zero-order valence-electron chi connectivity index (χ0n) is 10.5. The van der Waals surface area contributed by atoms with Gasteiger partial charge in [-0.15, -0.1) is 11.3 Å². The lowest BCUT2D eigenvalue weighted by atomic mass is 9.98. The third-order valence-electron chi connectivity index (χ3n) is 3.29. The maximum Gasteiger partial charge on any atom is 0.0898 e. The van der Waals surface area contributed by atoms with Crippen molar-refractivity contribution < 1.29 is 0 Å². The third-order valence-corrected chi connectivity index (χ3v) is 4.11. The number of para-hydroxylation sites is 1. The summed E-state index contributed by atoms with van der Waals surface area (Å²) in [5.74, 6) is 0. The fourth-order valence-corrected chi connectivity index (χ4v) is 3.15. The molecule has 2 N–H and O–H groups in total. The monoisotopic (exact) mass is 259 g/mol. The quantitative estimate of drug-likeness (QED) is 0.900. The van der Waals surface area contributed by atoms with Crippen LogP contribution >= 0.6 is 11.3 Å². The summed E-state index contributed by atoms with van der Waals surface area (Å²) in [4.78, 5) is 6.88. The van der Waals surface area contributed by atoms with E-state index in [1.54, 1.807) is 11.3 Å². The van der Waals surface area contributed by atoms with Crippen LogP contribution in [-0.4, -0.2) is 17.6 Å². The number of anilines is 1. The molecule has 0 radical (unpaired) electrons. The van der Waals surface area contributed by atoms with E-state index in [1.807, 2.05) is 6.92 Å². The minimum Gasteiger partial charge on any atom is -0.364 e. The van der Waals surface area contributed by atoms with E-state index in [1.165, 1.54) is 11.3 Å². The number of nitrogens with two attached hydrogens (primary N) is 1. The highest BCUT2D eigenvalue weighted by Crippen LogP contribution is 2.27. The molecule has 0 bridgehead atoms. The Morgan fingerprint density at radius 1 is 1.44 bits per heavy atom. The largest absolute Gasteiger partial charge is 0.364 e. The standard InChI is InChI=1S/C14H17N3S/c1-10-16-13(9-18-10)8-17-7-12(15)6-11-4-2-3-5-14(11)17/h2-5,9,12H,6-8,15H2,1H3. The van der Waals surface area contributed by atoms with Crippen molar-refractivity contribution >= 4 is 17.0 Å². The van der Waals surface area contributed by atoms with Crippen LogP contribution in [0.1, 0.15) is 16.3 Å². The molecule has 94 valence electrons. The van der Waals surface area contributed by atoms with Gasteiger partial charge in [0.05, 0.1) is 17.2 Å². The lowest BCUT2D eigenvalue weighted by molar-refractivity contribution is 0.596. The van der Waals surface area contributed by atoms with Crippen LogP contribution in [0.2, 0.25) is 0 Å². The number of thiazole rings is 1. The Balaban J connectivity index is 1.88. The molecule has 1 aliphatic heterocycles. The van der Waals surface area contributed by atoms with Crippen molar-refractivity contribution in [2.24, 2.45) is 5.73 Å². The third kappa shape index (κ3) is 2.26. The van der Waals surface area contributed by atoms with Crippen LogP contribution in [0, 0.1) is 6.92 Å². The summed E-state index contributed by atoms with van der Waals surface area (Å²) in [7, 11) is 0. The Morgan fingerprint density at radius 3 is 3.06 bits per heavy atom. The van der Waals surface area contributed by atoms with Crippen molar-refractivity contribution in [3.05, 3.63) is 45.9 Å². The number of hydrogen-bond donors (Lipinski definition) is 1. The lowest BCUT2D eigenvalue weighted by Gasteiger charge is -2.34. The Labute approximate surface area is 111 Å². The van der Waals surface area contributed by atoms with E-state index in [9.17, 15) is 0 Å². The van der Waals surface area contributed by atoms with E-state index in [4.69, 9.17) is 5.73 Å². The first kappa shape index (κ1) is 11.7. The summed E-state index contributed by atoms with van der Waals surface area (Å²) < 4.78 is 0. The highest BCUT2D eigenvalue weighted by molar-refractivity contribution is 7.09. The maximum atomic E-state index is 6.14. The summed E-state index contributed by atoms with van der Waals surface area (Å²) in [5, 5.41) is 3.26. The Kier molecular flexibility index (Phi) is 3.06. The number of benzene rings is 1. The van der Waals surface area contributed by atoms with Crippen LogP contribution in [-0.2, 0) is 13.0 Å². The van der Waals surface area contributed by atoms with Gasteiger partial charge in [-0.2, -0.15) is 0 Å². The number of nitrogens with zero attached hydrogens (tertiary/aromatic N) is 2. The molecule has 2 heterocycles. The molecule has 0 fully saturated rings. The normalized spacial score (nSPS) is 18.8. The number of aromatic nitrogens is 1. The van der Waals surface area contributed by atoms with Gasteiger partial charge in [0, 0.05) is 23.7 Å². The molecule has 1 unspecified atom stereocenters.